The lowest BCUT2D eigenvalue weighted by atomic mass is 10.0. The van der Waals surface area contributed by atoms with Gasteiger partial charge in [0.15, 0.2) is 0 Å². The van der Waals surface area contributed by atoms with Crippen LogP contribution in [0.3, 0.4) is 0 Å². The van der Waals surface area contributed by atoms with Gasteiger partial charge >= 0.3 is 0 Å². The molecule has 0 spiro atoms. The minimum Gasteiger partial charge on any atom is -0.336 e. The fourth-order valence-electron chi connectivity index (χ4n) is 4.08. The number of amides is 2. The zero-order chi connectivity index (χ0) is 22.6. The Labute approximate surface area is 185 Å². The van der Waals surface area contributed by atoms with Gasteiger partial charge in [0.1, 0.15) is 22.8 Å². The molecule has 0 radical (unpaired) electrons. The van der Waals surface area contributed by atoms with Gasteiger partial charge in [0.05, 0.1) is 6.07 Å². The van der Waals surface area contributed by atoms with Gasteiger partial charge in [-0.2, -0.15) is 5.26 Å². The predicted molar refractivity (Wildman–Crippen MR) is 113 cm³/mol. The van der Waals surface area contributed by atoms with Crippen molar-refractivity contribution in [1.29, 1.82) is 5.26 Å². The zero-order valence-corrected chi connectivity index (χ0v) is 18.9. The average molecular weight is 469 g/mol. The molecule has 0 aromatic heterocycles. The van der Waals surface area contributed by atoms with Crippen LogP contribution in [-0.2, 0) is 9.59 Å². The number of thioether (sulfide) groups is 1. The maximum Gasteiger partial charge on any atom is 0.273 e. The molecule has 1 aliphatic heterocycles. The summed E-state index contributed by atoms with van der Waals surface area (Å²) in [6.07, 6.45) is 1.50. The van der Waals surface area contributed by atoms with E-state index in [1.165, 1.54) is 38.0 Å². The Kier molecular flexibility index (Phi) is 5.54. The highest BCUT2D eigenvalue weighted by Crippen LogP contribution is 2.61. The SMILES string of the molecule is Cc1cc(F)ccc1S[C@@H]1C[C@@H](C(=O)NC2(C#N)CC2)N(C(=O)C2(C(F)(F)P)CC2)C1. The molecule has 3 aliphatic rings. The third kappa shape index (κ3) is 4.17. The van der Waals surface area contributed by atoms with E-state index in [1.54, 1.807) is 13.0 Å². The number of hydrogen-bond donors (Lipinski definition) is 1. The molecule has 3 atom stereocenters. The molecule has 166 valence electrons. The molecule has 3 fully saturated rings. The summed E-state index contributed by atoms with van der Waals surface area (Å²) in [4.78, 5) is 28.2. The Balaban J connectivity index is 1.56. The molecule has 31 heavy (non-hydrogen) atoms. The second-order valence-electron chi connectivity index (χ2n) is 8.75. The van der Waals surface area contributed by atoms with Gasteiger partial charge in [0.25, 0.3) is 5.66 Å². The van der Waals surface area contributed by atoms with Crippen molar-refractivity contribution < 1.29 is 22.8 Å². The molecular weight excluding hydrogens is 446 g/mol. The maximum atomic E-state index is 14.2. The van der Waals surface area contributed by atoms with Gasteiger partial charge in [-0.1, -0.05) is 9.24 Å². The Morgan fingerprint density at radius 3 is 2.52 bits per heavy atom. The van der Waals surface area contributed by atoms with Crippen LogP contribution in [0.2, 0.25) is 0 Å². The van der Waals surface area contributed by atoms with Crippen molar-refractivity contribution in [3.63, 3.8) is 0 Å². The number of alkyl halides is 2. The van der Waals surface area contributed by atoms with E-state index in [2.05, 4.69) is 11.4 Å². The molecule has 2 amide bonds. The molecule has 4 rings (SSSR count). The fraction of sp³-hybridized carbons (Fsp3) is 0.571. The quantitative estimate of drug-likeness (QED) is 0.646. The standard InChI is InChI=1S/C21H23F3N3O2PS/c1-12-8-13(22)2-3-16(12)31-14-9-15(17(28)26-19(11-25)4-5-19)27(10-14)18(29)20(6-7-20)21(23,24)30/h2-3,8,14-15H,4-7,9-10,30H2,1H3,(H,26,28)/t14-,15+/m1/s1. The van der Waals surface area contributed by atoms with Crippen LogP contribution in [-0.4, -0.2) is 45.8 Å². The topological polar surface area (TPSA) is 73.2 Å². The molecule has 5 nitrogen and oxygen atoms in total. The van der Waals surface area contributed by atoms with Gasteiger partial charge < -0.3 is 10.2 Å². The molecule has 10 heteroatoms. The highest BCUT2D eigenvalue weighted by atomic mass is 32.2. The van der Waals surface area contributed by atoms with E-state index in [9.17, 15) is 28.0 Å². The third-order valence-electron chi connectivity index (χ3n) is 6.38. The smallest absolute Gasteiger partial charge is 0.273 e. The lowest BCUT2D eigenvalue weighted by Gasteiger charge is -2.31. The minimum absolute atomic E-state index is 0.0736. The van der Waals surface area contributed by atoms with E-state index in [1.807, 2.05) is 0 Å². The normalized spacial score (nSPS) is 25.6. The number of rotatable bonds is 6. The number of nitriles is 1. The van der Waals surface area contributed by atoms with Crippen molar-refractivity contribution in [3.8, 4) is 6.07 Å². The van der Waals surface area contributed by atoms with E-state index in [4.69, 9.17) is 0 Å². The number of nitrogens with zero attached hydrogens (tertiary/aromatic N) is 2. The van der Waals surface area contributed by atoms with Gasteiger partial charge in [-0.05, 0) is 62.8 Å². The predicted octanol–water partition coefficient (Wildman–Crippen LogP) is 3.62. The molecule has 1 aromatic carbocycles. The minimum atomic E-state index is -3.26. The zero-order valence-electron chi connectivity index (χ0n) is 17.0. The fourth-order valence-corrected chi connectivity index (χ4v) is 5.76. The third-order valence-corrected chi connectivity index (χ3v) is 8.32. The average Bonchev–Trinajstić information content (AvgIpc) is 3.61. The number of nitrogens with one attached hydrogen (secondary N) is 1. The molecule has 1 saturated heterocycles. The van der Waals surface area contributed by atoms with Crippen LogP contribution in [0.25, 0.3) is 0 Å². The second-order valence-corrected chi connectivity index (χ2v) is 10.8. The number of carbonyl (C=O) groups is 2. The molecule has 1 heterocycles. The van der Waals surface area contributed by atoms with Crippen molar-refractivity contribution >= 4 is 32.8 Å². The highest BCUT2D eigenvalue weighted by Gasteiger charge is 2.67. The molecule has 1 aromatic rings. The summed E-state index contributed by atoms with van der Waals surface area (Å²) in [7, 11) is 1.47. The lowest BCUT2D eigenvalue weighted by Crippen LogP contribution is -2.52. The van der Waals surface area contributed by atoms with E-state index in [0.717, 1.165) is 10.5 Å². The number of halogens is 3. The number of carbonyl (C=O) groups excluding carboxylic acids is 2. The van der Waals surface area contributed by atoms with E-state index in [0.29, 0.717) is 12.8 Å². The monoisotopic (exact) mass is 469 g/mol. The first kappa shape index (κ1) is 22.4. The molecule has 1 unspecified atom stereocenters. The first-order valence-corrected chi connectivity index (χ1v) is 11.6. The van der Waals surface area contributed by atoms with Crippen LogP contribution in [0.1, 0.15) is 37.7 Å². The Hall–Kier alpha value is -1.78. The summed E-state index contributed by atoms with van der Waals surface area (Å²) >= 11 is 1.41. The highest BCUT2D eigenvalue weighted by molar-refractivity contribution is 8.00. The van der Waals surface area contributed by atoms with Gasteiger partial charge in [0, 0.05) is 16.7 Å². The van der Waals surface area contributed by atoms with Gasteiger partial charge in [0.2, 0.25) is 11.8 Å². The molecule has 2 aliphatic carbocycles. The second kappa shape index (κ2) is 7.67. The summed E-state index contributed by atoms with van der Waals surface area (Å²) in [6.45, 7) is 1.91. The van der Waals surface area contributed by atoms with Gasteiger partial charge in [-0.3, -0.25) is 9.59 Å². The Bertz CT molecular complexity index is 970. The van der Waals surface area contributed by atoms with E-state index < -0.39 is 34.5 Å². The first-order chi connectivity index (χ1) is 14.5. The lowest BCUT2D eigenvalue weighted by molar-refractivity contribution is -0.149. The summed E-state index contributed by atoms with van der Waals surface area (Å²) < 4.78 is 41.8. The Morgan fingerprint density at radius 2 is 2.00 bits per heavy atom. The molecular formula is C21H23F3N3O2PS. The first-order valence-electron chi connectivity index (χ1n) is 10.1. The molecule has 0 bridgehead atoms. The van der Waals surface area contributed by atoms with Crippen LogP contribution in [0, 0.1) is 29.5 Å². The number of hydrogen-bond acceptors (Lipinski definition) is 4. The molecule has 2 saturated carbocycles. The van der Waals surface area contributed by atoms with Crippen LogP contribution < -0.4 is 5.32 Å². The maximum absolute atomic E-state index is 14.2. The summed E-state index contributed by atoms with van der Waals surface area (Å²) in [6, 6.07) is 5.56. The van der Waals surface area contributed by atoms with Crippen molar-refractivity contribution in [2.45, 2.75) is 66.4 Å². The van der Waals surface area contributed by atoms with Crippen LogP contribution in [0.4, 0.5) is 13.2 Å². The van der Waals surface area contributed by atoms with Crippen molar-refractivity contribution in [2.75, 3.05) is 6.54 Å². The van der Waals surface area contributed by atoms with Crippen molar-refractivity contribution in [3.05, 3.63) is 29.6 Å². The van der Waals surface area contributed by atoms with Crippen LogP contribution >= 0.6 is 21.0 Å². The van der Waals surface area contributed by atoms with Crippen LogP contribution in [0.15, 0.2) is 23.1 Å². The summed E-state index contributed by atoms with van der Waals surface area (Å²) in [5.41, 5.74) is -5.22. The Morgan fingerprint density at radius 1 is 1.32 bits per heavy atom. The number of aryl methyl sites for hydroxylation is 1. The van der Waals surface area contributed by atoms with Gasteiger partial charge in [-0.15, -0.1) is 11.8 Å². The van der Waals surface area contributed by atoms with E-state index in [-0.39, 0.29) is 36.9 Å². The van der Waals surface area contributed by atoms with Crippen molar-refractivity contribution in [1.82, 2.24) is 10.2 Å². The van der Waals surface area contributed by atoms with Gasteiger partial charge in [-0.25, -0.2) is 13.2 Å². The van der Waals surface area contributed by atoms with Crippen LogP contribution in [0.5, 0.6) is 0 Å². The number of benzene rings is 1. The number of likely N-dealkylation sites (tertiary alicyclic amines) is 1. The van der Waals surface area contributed by atoms with E-state index >= 15 is 0 Å². The molecule has 1 N–H and O–H groups in total. The summed E-state index contributed by atoms with van der Waals surface area (Å²) in [5.74, 6) is -1.55. The largest absolute Gasteiger partial charge is 0.336 e. The van der Waals surface area contributed by atoms with Crippen molar-refractivity contribution in [2.24, 2.45) is 5.41 Å². The summed E-state index contributed by atoms with van der Waals surface area (Å²) in [5, 5.41) is 11.8.